The van der Waals surface area contributed by atoms with Gasteiger partial charge in [0.2, 0.25) is 21.7 Å². The highest BCUT2D eigenvalue weighted by atomic mass is 32.2. The number of benzene rings is 2. The molecule has 1 aromatic heterocycles. The summed E-state index contributed by atoms with van der Waals surface area (Å²) in [4.78, 5) is 12.7. The van der Waals surface area contributed by atoms with Crippen LogP contribution in [0.5, 0.6) is 17.2 Å². The van der Waals surface area contributed by atoms with Crippen molar-refractivity contribution >= 4 is 21.9 Å². The number of carbonyl (C=O) groups excluding carboxylic acids is 1. The molecule has 0 bridgehead atoms. The number of ether oxygens (including phenoxy) is 3. The second kappa shape index (κ2) is 11.2. The van der Waals surface area contributed by atoms with Crippen LogP contribution in [0, 0.1) is 0 Å². The number of amides is 1. The summed E-state index contributed by atoms with van der Waals surface area (Å²) in [5, 5.41) is 10.4. The Morgan fingerprint density at radius 2 is 1.51 bits per heavy atom. The van der Waals surface area contributed by atoms with Crippen LogP contribution in [0.3, 0.4) is 0 Å². The van der Waals surface area contributed by atoms with Crippen molar-refractivity contribution in [1.82, 2.24) is 14.5 Å². The van der Waals surface area contributed by atoms with Gasteiger partial charge in [0.05, 0.1) is 24.7 Å². The molecule has 0 aliphatic heterocycles. The average Bonchev–Trinajstić information content (AvgIpc) is 3.29. The van der Waals surface area contributed by atoms with Crippen LogP contribution in [0.1, 0.15) is 31.1 Å². The molecule has 0 aliphatic carbocycles. The number of nitrogens with one attached hydrogen (secondary N) is 1. The van der Waals surface area contributed by atoms with Crippen molar-refractivity contribution in [2.75, 3.05) is 39.2 Å². The predicted octanol–water partition coefficient (Wildman–Crippen LogP) is 3.44. The maximum atomic E-state index is 12.6. The molecule has 1 heterocycles. The monoisotopic (exact) mass is 504 g/mol. The van der Waals surface area contributed by atoms with Crippen LogP contribution >= 0.6 is 0 Å². The molecule has 12 heteroatoms. The largest absolute Gasteiger partial charge is 0.490 e. The van der Waals surface area contributed by atoms with Gasteiger partial charge in [-0.1, -0.05) is 5.10 Å². The molecule has 3 aromatic rings. The first-order chi connectivity index (χ1) is 16.7. The lowest BCUT2D eigenvalue weighted by Gasteiger charge is -2.16. The minimum Gasteiger partial charge on any atom is -0.490 e. The molecule has 0 aliphatic rings. The third-order valence-electron chi connectivity index (χ3n) is 4.70. The Balaban J connectivity index is 1.83. The third kappa shape index (κ3) is 5.89. The molecule has 188 valence electrons. The van der Waals surface area contributed by atoms with E-state index in [0.29, 0.717) is 42.6 Å². The lowest BCUT2D eigenvalue weighted by Crippen LogP contribution is -2.22. The zero-order chi connectivity index (χ0) is 25.6. The van der Waals surface area contributed by atoms with Gasteiger partial charge in [-0.05, 0) is 57.2 Å². The molecule has 3 rings (SSSR count). The molecule has 2 aromatic carbocycles. The van der Waals surface area contributed by atoms with Crippen LogP contribution in [0.15, 0.2) is 45.7 Å². The Labute approximate surface area is 204 Å². The fourth-order valence-corrected chi connectivity index (χ4v) is 3.96. The molecule has 0 fully saturated rings. The number of nitrogens with zero attached hydrogens (tertiary/aromatic N) is 3. The van der Waals surface area contributed by atoms with Gasteiger partial charge in [-0.15, -0.1) is 5.10 Å². The topological polar surface area (TPSA) is 133 Å². The third-order valence-corrected chi connectivity index (χ3v) is 6.53. The Hall–Kier alpha value is -3.64. The molecule has 11 nitrogen and oxygen atoms in total. The highest BCUT2D eigenvalue weighted by molar-refractivity contribution is 7.89. The summed E-state index contributed by atoms with van der Waals surface area (Å²) in [5.41, 5.74) is 0.743. The summed E-state index contributed by atoms with van der Waals surface area (Å²) in [5.74, 6) is 1.01. The molecule has 0 saturated heterocycles. The van der Waals surface area contributed by atoms with Crippen LogP contribution < -0.4 is 19.5 Å². The maximum Gasteiger partial charge on any atom is 0.322 e. The molecule has 1 N–H and O–H groups in total. The number of hydrogen-bond donors (Lipinski definition) is 1. The predicted molar refractivity (Wildman–Crippen MR) is 129 cm³/mol. The van der Waals surface area contributed by atoms with Gasteiger partial charge in [0.15, 0.2) is 11.5 Å². The van der Waals surface area contributed by atoms with Gasteiger partial charge in [-0.2, -0.15) is 0 Å². The Kier molecular flexibility index (Phi) is 8.30. The quantitative estimate of drug-likeness (QED) is 0.417. The second-order valence-corrected chi connectivity index (χ2v) is 9.43. The molecular weight excluding hydrogens is 476 g/mol. The average molecular weight is 505 g/mol. The van der Waals surface area contributed by atoms with Gasteiger partial charge in [0.25, 0.3) is 5.91 Å². The molecule has 0 saturated carbocycles. The SMILES string of the molecule is CCOc1cc(-c2nnc(NC(=O)c3ccc(S(=O)(=O)N(C)C)cc3)o2)cc(OCC)c1OCC. The molecule has 0 atom stereocenters. The van der Waals surface area contributed by atoms with E-state index >= 15 is 0 Å². The van der Waals surface area contributed by atoms with Crippen molar-refractivity contribution in [2.24, 2.45) is 0 Å². The highest BCUT2D eigenvalue weighted by Crippen LogP contribution is 2.41. The van der Waals surface area contributed by atoms with E-state index in [2.05, 4.69) is 15.5 Å². The summed E-state index contributed by atoms with van der Waals surface area (Å²) in [6.45, 7) is 6.82. The zero-order valence-electron chi connectivity index (χ0n) is 20.2. The van der Waals surface area contributed by atoms with Crippen LogP contribution in [0.4, 0.5) is 6.01 Å². The molecule has 0 spiro atoms. The Bertz CT molecular complexity index is 1240. The minimum absolute atomic E-state index is 0.0739. The smallest absolute Gasteiger partial charge is 0.322 e. The molecule has 0 radical (unpaired) electrons. The number of anilines is 1. The van der Waals surface area contributed by atoms with Gasteiger partial charge in [-0.3, -0.25) is 10.1 Å². The van der Waals surface area contributed by atoms with E-state index in [1.807, 2.05) is 20.8 Å². The fraction of sp³-hybridized carbons (Fsp3) is 0.348. The number of hydrogen-bond acceptors (Lipinski definition) is 9. The van der Waals surface area contributed by atoms with Crippen molar-refractivity contribution in [3.8, 4) is 28.7 Å². The van der Waals surface area contributed by atoms with E-state index in [9.17, 15) is 13.2 Å². The zero-order valence-corrected chi connectivity index (χ0v) is 21.0. The number of sulfonamides is 1. The van der Waals surface area contributed by atoms with Crippen LogP contribution in [0.25, 0.3) is 11.5 Å². The van der Waals surface area contributed by atoms with Gasteiger partial charge < -0.3 is 18.6 Å². The van der Waals surface area contributed by atoms with Crippen LogP contribution in [-0.4, -0.2) is 62.7 Å². The molecular formula is C23H28N4O7S. The Morgan fingerprint density at radius 3 is 2.03 bits per heavy atom. The summed E-state index contributed by atoms with van der Waals surface area (Å²) in [6, 6.07) is 8.78. The first-order valence-electron chi connectivity index (χ1n) is 10.9. The van der Waals surface area contributed by atoms with Crippen molar-refractivity contribution in [1.29, 1.82) is 0 Å². The lowest BCUT2D eigenvalue weighted by molar-refractivity contribution is 0.102. The maximum absolute atomic E-state index is 12.6. The van der Waals surface area contributed by atoms with Crippen LogP contribution in [0.2, 0.25) is 0 Å². The second-order valence-electron chi connectivity index (χ2n) is 7.28. The van der Waals surface area contributed by atoms with E-state index in [1.165, 1.54) is 38.4 Å². The first kappa shape index (κ1) is 26.0. The van der Waals surface area contributed by atoms with E-state index in [0.717, 1.165) is 4.31 Å². The van der Waals surface area contributed by atoms with E-state index < -0.39 is 15.9 Å². The fourth-order valence-electron chi connectivity index (χ4n) is 3.06. The molecule has 35 heavy (non-hydrogen) atoms. The van der Waals surface area contributed by atoms with Crippen molar-refractivity contribution in [3.05, 3.63) is 42.0 Å². The van der Waals surface area contributed by atoms with Crippen molar-refractivity contribution in [3.63, 3.8) is 0 Å². The number of carbonyl (C=O) groups is 1. The highest BCUT2D eigenvalue weighted by Gasteiger charge is 2.21. The van der Waals surface area contributed by atoms with Crippen molar-refractivity contribution in [2.45, 2.75) is 25.7 Å². The summed E-state index contributed by atoms with van der Waals surface area (Å²) < 4.78 is 48.2. The van der Waals surface area contributed by atoms with E-state index in [1.54, 1.807) is 12.1 Å². The lowest BCUT2D eigenvalue weighted by atomic mass is 10.2. The van der Waals surface area contributed by atoms with Gasteiger partial charge in [0.1, 0.15) is 0 Å². The van der Waals surface area contributed by atoms with E-state index in [-0.39, 0.29) is 22.4 Å². The first-order valence-corrected chi connectivity index (χ1v) is 12.4. The molecule has 0 unspecified atom stereocenters. The number of aromatic nitrogens is 2. The van der Waals surface area contributed by atoms with Gasteiger partial charge in [0, 0.05) is 25.2 Å². The summed E-state index contributed by atoms with van der Waals surface area (Å²) in [7, 11) is -0.731. The Morgan fingerprint density at radius 1 is 0.943 bits per heavy atom. The minimum atomic E-state index is -3.60. The van der Waals surface area contributed by atoms with Crippen LogP contribution in [-0.2, 0) is 10.0 Å². The normalized spacial score (nSPS) is 11.4. The molecule has 1 amide bonds. The van der Waals surface area contributed by atoms with Gasteiger partial charge >= 0.3 is 6.01 Å². The van der Waals surface area contributed by atoms with Gasteiger partial charge in [-0.25, -0.2) is 12.7 Å². The standard InChI is InChI=1S/C23H28N4O7S/c1-6-31-18-13-16(14-19(32-7-2)20(18)33-8-3)22-25-26-23(34-22)24-21(28)15-9-11-17(12-10-15)35(29,30)27(4)5/h9-14H,6-8H2,1-5H3,(H,24,26,28). The summed E-state index contributed by atoms with van der Waals surface area (Å²) >= 11 is 0. The van der Waals surface area contributed by atoms with Crippen molar-refractivity contribution < 1.29 is 31.8 Å². The number of rotatable bonds is 11. The summed E-state index contributed by atoms with van der Waals surface area (Å²) in [6.07, 6.45) is 0. The van der Waals surface area contributed by atoms with E-state index in [4.69, 9.17) is 18.6 Å².